The second kappa shape index (κ2) is 4.42. The Morgan fingerprint density at radius 3 is 3.08 bits per heavy atom. The lowest BCUT2D eigenvalue weighted by Crippen LogP contribution is -2.52. The van der Waals surface area contributed by atoms with Crippen LogP contribution in [-0.4, -0.2) is 50.2 Å². The quantitative estimate of drug-likeness (QED) is 0.608. The SMILES string of the molecule is COCC(=O)N1CCNC(C)C1. The summed E-state index contributed by atoms with van der Waals surface area (Å²) in [5.41, 5.74) is 0. The van der Waals surface area contributed by atoms with E-state index >= 15 is 0 Å². The number of hydrogen-bond donors (Lipinski definition) is 1. The highest BCUT2D eigenvalue weighted by Gasteiger charge is 2.19. The van der Waals surface area contributed by atoms with Gasteiger partial charge in [-0.1, -0.05) is 0 Å². The van der Waals surface area contributed by atoms with E-state index in [1.807, 2.05) is 4.90 Å². The van der Waals surface area contributed by atoms with Crippen molar-refractivity contribution in [3.8, 4) is 0 Å². The average molecular weight is 172 g/mol. The zero-order valence-corrected chi connectivity index (χ0v) is 7.67. The van der Waals surface area contributed by atoms with E-state index in [1.165, 1.54) is 0 Å². The van der Waals surface area contributed by atoms with Gasteiger partial charge in [0.2, 0.25) is 5.91 Å². The van der Waals surface area contributed by atoms with Crippen LogP contribution in [-0.2, 0) is 9.53 Å². The molecule has 1 aliphatic heterocycles. The van der Waals surface area contributed by atoms with Crippen LogP contribution in [0.5, 0.6) is 0 Å². The summed E-state index contributed by atoms with van der Waals surface area (Å²) in [5, 5.41) is 3.27. The molecule has 0 radical (unpaired) electrons. The van der Waals surface area contributed by atoms with Crippen molar-refractivity contribution in [3.63, 3.8) is 0 Å². The Labute approximate surface area is 72.9 Å². The monoisotopic (exact) mass is 172 g/mol. The fourth-order valence-electron chi connectivity index (χ4n) is 1.37. The van der Waals surface area contributed by atoms with E-state index in [9.17, 15) is 4.79 Å². The van der Waals surface area contributed by atoms with Gasteiger partial charge in [-0.3, -0.25) is 4.79 Å². The smallest absolute Gasteiger partial charge is 0.248 e. The maximum absolute atomic E-state index is 11.3. The van der Waals surface area contributed by atoms with Crippen LogP contribution in [0.4, 0.5) is 0 Å². The fraction of sp³-hybridized carbons (Fsp3) is 0.875. The highest BCUT2D eigenvalue weighted by atomic mass is 16.5. The van der Waals surface area contributed by atoms with E-state index < -0.39 is 0 Å². The summed E-state index contributed by atoms with van der Waals surface area (Å²) in [6, 6.07) is 0.402. The Balaban J connectivity index is 2.35. The highest BCUT2D eigenvalue weighted by Crippen LogP contribution is 1.98. The standard InChI is InChI=1S/C8H16N2O2/c1-7-5-10(4-3-9-7)8(11)6-12-2/h7,9H,3-6H2,1-2H3. The Morgan fingerprint density at radius 1 is 1.75 bits per heavy atom. The van der Waals surface area contributed by atoms with Gasteiger partial charge in [0, 0.05) is 32.8 Å². The lowest BCUT2D eigenvalue weighted by Gasteiger charge is -2.31. The third kappa shape index (κ3) is 2.46. The van der Waals surface area contributed by atoms with Gasteiger partial charge in [-0.15, -0.1) is 0 Å². The maximum atomic E-state index is 11.3. The summed E-state index contributed by atoms with van der Waals surface area (Å²) in [5.74, 6) is 0.0888. The van der Waals surface area contributed by atoms with Crippen molar-refractivity contribution in [3.05, 3.63) is 0 Å². The number of methoxy groups -OCH3 is 1. The first-order valence-electron chi connectivity index (χ1n) is 4.24. The molecule has 0 bridgehead atoms. The van der Waals surface area contributed by atoms with Crippen LogP contribution in [0.15, 0.2) is 0 Å². The first-order valence-corrected chi connectivity index (χ1v) is 4.24. The van der Waals surface area contributed by atoms with Crippen LogP contribution in [0.25, 0.3) is 0 Å². The van der Waals surface area contributed by atoms with Crippen molar-refractivity contribution in [2.45, 2.75) is 13.0 Å². The number of rotatable bonds is 2. The second-order valence-electron chi connectivity index (χ2n) is 3.13. The molecule has 12 heavy (non-hydrogen) atoms. The van der Waals surface area contributed by atoms with Crippen molar-refractivity contribution >= 4 is 5.91 Å². The molecule has 0 aromatic rings. The number of nitrogens with one attached hydrogen (secondary N) is 1. The van der Waals surface area contributed by atoms with Gasteiger partial charge in [0.15, 0.2) is 0 Å². The van der Waals surface area contributed by atoms with Gasteiger partial charge >= 0.3 is 0 Å². The minimum atomic E-state index is 0.0888. The van der Waals surface area contributed by atoms with Gasteiger partial charge in [-0.2, -0.15) is 0 Å². The molecule has 4 nitrogen and oxygen atoms in total. The first kappa shape index (κ1) is 9.48. The molecule has 1 heterocycles. The van der Waals surface area contributed by atoms with Crippen LogP contribution in [0.3, 0.4) is 0 Å². The Morgan fingerprint density at radius 2 is 2.50 bits per heavy atom. The molecular formula is C8H16N2O2. The summed E-state index contributed by atoms with van der Waals surface area (Å²) in [4.78, 5) is 13.2. The Bertz CT molecular complexity index is 161. The fourth-order valence-corrected chi connectivity index (χ4v) is 1.37. The molecular weight excluding hydrogens is 156 g/mol. The van der Waals surface area contributed by atoms with Crippen molar-refractivity contribution in [2.75, 3.05) is 33.4 Å². The molecule has 1 fully saturated rings. The molecule has 0 aromatic heterocycles. The molecule has 1 aliphatic rings. The zero-order chi connectivity index (χ0) is 8.97. The zero-order valence-electron chi connectivity index (χ0n) is 7.67. The Kier molecular flexibility index (Phi) is 3.49. The van der Waals surface area contributed by atoms with Crippen LogP contribution < -0.4 is 5.32 Å². The summed E-state index contributed by atoms with van der Waals surface area (Å²) >= 11 is 0. The van der Waals surface area contributed by atoms with Gasteiger partial charge in [0.05, 0.1) is 0 Å². The molecule has 1 saturated heterocycles. The number of nitrogens with zero attached hydrogens (tertiary/aromatic N) is 1. The van der Waals surface area contributed by atoms with Gasteiger partial charge in [0.1, 0.15) is 6.61 Å². The largest absolute Gasteiger partial charge is 0.375 e. The molecule has 1 rings (SSSR count). The minimum Gasteiger partial charge on any atom is -0.375 e. The molecule has 0 spiro atoms. The number of hydrogen-bond acceptors (Lipinski definition) is 3. The number of carbonyl (C=O) groups is 1. The summed E-state index contributed by atoms with van der Waals surface area (Å²) in [6.45, 7) is 4.75. The van der Waals surface area contributed by atoms with E-state index in [0.29, 0.717) is 6.04 Å². The van der Waals surface area contributed by atoms with Crippen molar-refractivity contribution in [1.29, 1.82) is 0 Å². The van der Waals surface area contributed by atoms with E-state index in [2.05, 4.69) is 12.2 Å². The molecule has 1 atom stereocenters. The highest BCUT2D eigenvalue weighted by molar-refractivity contribution is 5.77. The molecule has 0 saturated carbocycles. The van der Waals surface area contributed by atoms with Gasteiger partial charge < -0.3 is 15.0 Å². The van der Waals surface area contributed by atoms with Gasteiger partial charge in [0.25, 0.3) is 0 Å². The Hall–Kier alpha value is -0.610. The number of carbonyl (C=O) groups excluding carboxylic acids is 1. The second-order valence-corrected chi connectivity index (χ2v) is 3.13. The molecule has 1 unspecified atom stereocenters. The van der Waals surface area contributed by atoms with Crippen molar-refractivity contribution in [1.82, 2.24) is 10.2 Å². The lowest BCUT2D eigenvalue weighted by atomic mass is 10.2. The number of amides is 1. The molecule has 0 aliphatic carbocycles. The third-order valence-corrected chi connectivity index (χ3v) is 1.99. The van der Waals surface area contributed by atoms with Gasteiger partial charge in [-0.05, 0) is 6.92 Å². The van der Waals surface area contributed by atoms with Gasteiger partial charge in [-0.25, -0.2) is 0 Å². The van der Waals surface area contributed by atoms with Crippen LogP contribution in [0, 0.1) is 0 Å². The van der Waals surface area contributed by atoms with E-state index in [-0.39, 0.29) is 12.5 Å². The predicted molar refractivity (Wildman–Crippen MR) is 45.9 cm³/mol. The summed E-state index contributed by atoms with van der Waals surface area (Å²) in [6.07, 6.45) is 0. The lowest BCUT2D eigenvalue weighted by molar-refractivity contribution is -0.136. The first-order chi connectivity index (χ1) is 5.74. The summed E-state index contributed by atoms with van der Waals surface area (Å²) < 4.78 is 4.78. The molecule has 4 heteroatoms. The van der Waals surface area contributed by atoms with Crippen molar-refractivity contribution < 1.29 is 9.53 Å². The van der Waals surface area contributed by atoms with E-state index in [4.69, 9.17) is 4.74 Å². The summed E-state index contributed by atoms with van der Waals surface area (Å²) in [7, 11) is 1.55. The average Bonchev–Trinajstić information content (AvgIpc) is 2.05. The van der Waals surface area contributed by atoms with Crippen LogP contribution >= 0.6 is 0 Å². The molecule has 70 valence electrons. The molecule has 1 N–H and O–H groups in total. The normalized spacial score (nSPS) is 24.2. The number of ether oxygens (including phenoxy) is 1. The van der Waals surface area contributed by atoms with E-state index in [0.717, 1.165) is 19.6 Å². The van der Waals surface area contributed by atoms with Crippen molar-refractivity contribution in [2.24, 2.45) is 0 Å². The molecule has 0 aromatic carbocycles. The topological polar surface area (TPSA) is 41.6 Å². The van der Waals surface area contributed by atoms with Crippen LogP contribution in [0.2, 0.25) is 0 Å². The number of piperazine rings is 1. The van der Waals surface area contributed by atoms with Crippen LogP contribution in [0.1, 0.15) is 6.92 Å². The third-order valence-electron chi connectivity index (χ3n) is 1.99. The molecule has 1 amide bonds. The predicted octanol–water partition coefficient (Wildman–Crippen LogP) is -0.547. The maximum Gasteiger partial charge on any atom is 0.248 e. The van der Waals surface area contributed by atoms with E-state index in [1.54, 1.807) is 7.11 Å². The minimum absolute atomic E-state index is 0.0888.